The molecule has 53 heavy (non-hydrogen) atoms. The Labute approximate surface area is 319 Å². The normalized spacial score (nSPS) is 22.7. The topological polar surface area (TPSA) is 174 Å². The van der Waals surface area contributed by atoms with Crippen LogP contribution < -0.4 is 21.3 Å². The zero-order valence-corrected chi connectivity index (χ0v) is 34.6. The molecular formula is C38H60N6O7S2. The number of hydrogen-bond donors (Lipinski definition) is 4. The maximum Gasteiger partial charge on any atom is 0.315 e. The fraction of sp³-hybridized carbons (Fsp3) is 0.711. The van der Waals surface area contributed by atoms with E-state index in [0.717, 1.165) is 24.2 Å². The summed E-state index contributed by atoms with van der Waals surface area (Å²) in [6, 6.07) is -1.40. The highest BCUT2D eigenvalue weighted by molar-refractivity contribution is 7.91. The Morgan fingerprint density at radius 1 is 1.04 bits per heavy atom. The average molecular weight is 777 g/mol. The molecule has 3 fully saturated rings. The van der Waals surface area contributed by atoms with Gasteiger partial charge >= 0.3 is 6.03 Å². The lowest BCUT2D eigenvalue weighted by molar-refractivity contribution is -0.145. The molecule has 0 aromatic carbocycles. The quantitative estimate of drug-likeness (QED) is 0.146. The van der Waals surface area contributed by atoms with Crippen LogP contribution in [-0.2, 0) is 29.2 Å². The van der Waals surface area contributed by atoms with Gasteiger partial charge in [-0.1, -0.05) is 80.4 Å². The Morgan fingerprint density at radius 2 is 1.68 bits per heavy atom. The Bertz CT molecular complexity index is 1660. The maximum absolute atomic E-state index is 14.5. The van der Waals surface area contributed by atoms with Crippen molar-refractivity contribution < 1.29 is 32.4 Å². The minimum atomic E-state index is -3.84. The summed E-state index contributed by atoms with van der Waals surface area (Å²) >= 11 is 1.13. The van der Waals surface area contributed by atoms with Crippen LogP contribution in [0.2, 0.25) is 0 Å². The molecule has 1 aliphatic heterocycles. The summed E-state index contributed by atoms with van der Waals surface area (Å²) in [5.41, 5.74) is -1.57. The van der Waals surface area contributed by atoms with Crippen molar-refractivity contribution in [2.24, 2.45) is 34.0 Å². The summed E-state index contributed by atoms with van der Waals surface area (Å²) in [6.45, 7) is 22.9. The summed E-state index contributed by atoms with van der Waals surface area (Å²) < 4.78 is 28.8. The lowest BCUT2D eigenvalue weighted by Crippen LogP contribution is -2.63. The number of amides is 5. The number of sulfonamides is 1. The monoisotopic (exact) mass is 776 g/mol. The van der Waals surface area contributed by atoms with Crippen LogP contribution in [0.3, 0.4) is 0 Å². The summed E-state index contributed by atoms with van der Waals surface area (Å²) in [5, 5.41) is 12.9. The third kappa shape index (κ3) is 9.69. The van der Waals surface area contributed by atoms with Gasteiger partial charge in [0.25, 0.3) is 15.9 Å². The molecule has 13 nitrogen and oxygen atoms in total. The van der Waals surface area contributed by atoms with Crippen LogP contribution in [0.1, 0.15) is 88.5 Å². The van der Waals surface area contributed by atoms with E-state index in [1.807, 2.05) is 41.5 Å². The van der Waals surface area contributed by atoms with E-state index in [9.17, 15) is 32.4 Å². The molecule has 2 saturated carbocycles. The van der Waals surface area contributed by atoms with Crippen LogP contribution in [0.4, 0.5) is 4.79 Å². The second-order valence-electron chi connectivity index (χ2n) is 17.9. The van der Waals surface area contributed by atoms with Crippen molar-refractivity contribution in [2.45, 2.75) is 123 Å². The number of thiophene rings is 1. The third-order valence-corrected chi connectivity index (χ3v) is 14.4. The molecule has 2 aliphatic carbocycles. The number of likely N-dealkylation sites (tertiary alicyclic amines) is 1. The SMILES string of the molecule is C=CCNC(=O)C(=O)C(CC1CC1)NC(=O)[C@@H]1[C@@H]2[C@H](CN1C(=O)[C@@H](NC(=O)N[C@H](CN(C(C)C)S(=O)(=O)c1cccs1)C(C)(C)C)C(C)(C)C)C2(C)C. The van der Waals surface area contributed by atoms with Crippen LogP contribution in [0.5, 0.6) is 0 Å². The van der Waals surface area contributed by atoms with Gasteiger partial charge < -0.3 is 26.2 Å². The number of fused-ring (bicyclic) bond motifs is 1. The Hall–Kier alpha value is -3.30. The Kier molecular flexibility index (Phi) is 12.7. The van der Waals surface area contributed by atoms with E-state index in [1.54, 1.807) is 31.4 Å². The maximum atomic E-state index is 14.5. The molecule has 1 unspecified atom stereocenters. The van der Waals surface area contributed by atoms with Gasteiger partial charge in [-0.05, 0) is 65.7 Å². The van der Waals surface area contributed by atoms with Gasteiger partial charge in [-0.15, -0.1) is 17.9 Å². The largest absolute Gasteiger partial charge is 0.346 e. The highest BCUT2D eigenvalue weighted by atomic mass is 32.2. The molecule has 15 heteroatoms. The average Bonchev–Trinajstić information content (AvgIpc) is 3.73. The van der Waals surface area contributed by atoms with Crippen molar-refractivity contribution in [3.8, 4) is 0 Å². The number of carbonyl (C=O) groups excluding carboxylic acids is 5. The van der Waals surface area contributed by atoms with Crippen molar-refractivity contribution in [1.82, 2.24) is 30.5 Å². The van der Waals surface area contributed by atoms with Crippen LogP contribution in [0.15, 0.2) is 34.4 Å². The molecule has 6 atom stereocenters. The predicted molar refractivity (Wildman–Crippen MR) is 205 cm³/mol. The van der Waals surface area contributed by atoms with E-state index < -0.39 is 80.6 Å². The second kappa shape index (κ2) is 15.8. The molecule has 0 radical (unpaired) electrons. The molecule has 4 rings (SSSR count). The minimum Gasteiger partial charge on any atom is -0.346 e. The summed E-state index contributed by atoms with van der Waals surface area (Å²) in [6.07, 6.45) is 3.64. The number of Topliss-reactive ketones (excluding diaryl/α,β-unsaturated/α-hetero) is 1. The zero-order chi connectivity index (χ0) is 39.8. The first-order valence-electron chi connectivity index (χ1n) is 18.6. The first-order chi connectivity index (χ1) is 24.4. The van der Waals surface area contributed by atoms with E-state index in [-0.39, 0.29) is 40.5 Å². The van der Waals surface area contributed by atoms with E-state index in [1.165, 1.54) is 15.3 Å². The van der Waals surface area contributed by atoms with Gasteiger partial charge in [-0.3, -0.25) is 19.2 Å². The van der Waals surface area contributed by atoms with Gasteiger partial charge in [0.1, 0.15) is 16.3 Å². The number of hydrogen-bond acceptors (Lipinski definition) is 8. The van der Waals surface area contributed by atoms with Gasteiger partial charge in [-0.25, -0.2) is 13.2 Å². The third-order valence-electron chi connectivity index (χ3n) is 11.0. The van der Waals surface area contributed by atoms with Gasteiger partial charge in [-0.2, -0.15) is 4.31 Å². The molecule has 1 aromatic rings. The molecule has 5 amide bonds. The minimum absolute atomic E-state index is 0.00210. The van der Waals surface area contributed by atoms with Crippen LogP contribution in [0.25, 0.3) is 0 Å². The first kappa shape index (κ1) is 42.4. The predicted octanol–water partition coefficient (Wildman–Crippen LogP) is 3.92. The van der Waals surface area contributed by atoms with Crippen LogP contribution in [0, 0.1) is 34.0 Å². The standard InChI is InChI=1S/C38H60N6O7S2/c1-12-17-39-33(47)30(45)25(19-23-15-16-23)40-32(46)29-28-24(38(28,10)11)20-43(29)34(48)31(37(7,8)9)42-35(49)41-26(36(4,5)6)21-44(22(2)3)53(50,51)27-14-13-18-52-27/h12-14,18,22-26,28-29,31H,1,15-17,19-21H2,2-11H3,(H,39,47)(H,40,46)(H2,41,42,49)/t24-,25?,26+,28-,29-,31+/m0/s1. The molecule has 0 bridgehead atoms. The van der Waals surface area contributed by atoms with Gasteiger partial charge in [0.05, 0.1) is 6.04 Å². The fourth-order valence-corrected chi connectivity index (χ4v) is 10.1. The van der Waals surface area contributed by atoms with E-state index in [4.69, 9.17) is 0 Å². The van der Waals surface area contributed by atoms with Crippen molar-refractivity contribution in [3.63, 3.8) is 0 Å². The summed E-state index contributed by atoms with van der Waals surface area (Å²) in [7, 11) is -3.84. The van der Waals surface area contributed by atoms with Crippen molar-refractivity contribution in [2.75, 3.05) is 19.6 Å². The van der Waals surface area contributed by atoms with E-state index in [0.29, 0.717) is 13.0 Å². The molecular weight excluding hydrogens is 717 g/mol. The Balaban J connectivity index is 1.55. The second-order valence-corrected chi connectivity index (χ2v) is 21.0. The number of carbonyl (C=O) groups is 5. The summed E-state index contributed by atoms with van der Waals surface area (Å²) in [4.78, 5) is 69.9. The molecule has 0 spiro atoms. The van der Waals surface area contributed by atoms with Crippen LogP contribution >= 0.6 is 11.3 Å². The highest BCUT2D eigenvalue weighted by Gasteiger charge is 2.70. The number of nitrogens with zero attached hydrogens (tertiary/aromatic N) is 2. The van der Waals surface area contributed by atoms with Gasteiger partial charge in [0.2, 0.25) is 17.6 Å². The number of ketones is 1. The molecule has 2 heterocycles. The van der Waals surface area contributed by atoms with Gasteiger partial charge in [0.15, 0.2) is 0 Å². The molecule has 4 N–H and O–H groups in total. The number of piperidine rings is 1. The Morgan fingerprint density at radius 3 is 2.19 bits per heavy atom. The van der Waals surface area contributed by atoms with Crippen molar-refractivity contribution in [3.05, 3.63) is 30.2 Å². The van der Waals surface area contributed by atoms with Crippen molar-refractivity contribution in [1.29, 1.82) is 0 Å². The number of rotatable bonds is 16. The van der Waals surface area contributed by atoms with E-state index >= 15 is 0 Å². The lowest BCUT2D eigenvalue weighted by Gasteiger charge is -2.39. The first-order valence-corrected chi connectivity index (χ1v) is 20.9. The van der Waals surface area contributed by atoms with Crippen LogP contribution in [-0.4, -0.2) is 97.0 Å². The zero-order valence-electron chi connectivity index (χ0n) is 32.9. The smallest absolute Gasteiger partial charge is 0.315 e. The highest BCUT2D eigenvalue weighted by Crippen LogP contribution is 2.65. The van der Waals surface area contributed by atoms with E-state index in [2.05, 4.69) is 41.7 Å². The molecule has 1 aromatic heterocycles. The summed E-state index contributed by atoms with van der Waals surface area (Å²) in [5.74, 6) is -2.33. The molecule has 1 saturated heterocycles. The molecule has 3 aliphatic rings. The number of nitrogens with one attached hydrogen (secondary N) is 4. The lowest BCUT2D eigenvalue weighted by atomic mass is 9.85. The van der Waals surface area contributed by atoms with Gasteiger partial charge in [0, 0.05) is 31.7 Å². The number of urea groups is 1. The van der Waals surface area contributed by atoms with Crippen molar-refractivity contribution >= 4 is 50.9 Å². The fourth-order valence-electron chi connectivity index (χ4n) is 7.37. The molecule has 296 valence electrons.